The summed E-state index contributed by atoms with van der Waals surface area (Å²) in [4.78, 5) is 15.2. The van der Waals surface area contributed by atoms with E-state index in [1.54, 1.807) is 12.1 Å². The maximum Gasteiger partial charge on any atom is 0.238 e. The van der Waals surface area contributed by atoms with Gasteiger partial charge in [-0.15, -0.1) is 0 Å². The zero-order chi connectivity index (χ0) is 20.1. The van der Waals surface area contributed by atoms with Crippen molar-refractivity contribution in [2.75, 3.05) is 18.4 Å². The van der Waals surface area contributed by atoms with Crippen molar-refractivity contribution in [3.05, 3.63) is 66.0 Å². The van der Waals surface area contributed by atoms with Gasteiger partial charge in [-0.05, 0) is 62.1 Å². The summed E-state index contributed by atoms with van der Waals surface area (Å²) in [7, 11) is 0. The van der Waals surface area contributed by atoms with E-state index in [0.717, 1.165) is 25.8 Å². The molecule has 2 aliphatic rings. The van der Waals surface area contributed by atoms with Crippen LogP contribution in [-0.4, -0.2) is 42.0 Å². The second-order valence-corrected chi connectivity index (χ2v) is 8.28. The number of hydrogen-bond donors (Lipinski definition) is 2. The third kappa shape index (κ3) is 5.22. The monoisotopic (exact) mass is 395 g/mol. The largest absolute Gasteiger partial charge is 0.325 e. The molecule has 0 unspecified atom stereocenters. The molecule has 2 aliphatic heterocycles. The second-order valence-electron chi connectivity index (χ2n) is 8.28. The molecule has 0 aromatic heterocycles. The number of benzene rings is 2. The number of fused-ring (bicyclic) bond motifs is 1. The second kappa shape index (κ2) is 9.51. The molecule has 2 heterocycles. The number of anilines is 1. The summed E-state index contributed by atoms with van der Waals surface area (Å²) in [6.45, 7) is 1.44. The fraction of sp³-hybridized carbons (Fsp3) is 0.458. The number of nitrogens with zero attached hydrogens (tertiary/aromatic N) is 1. The number of hydrogen-bond acceptors (Lipinski definition) is 3. The highest BCUT2D eigenvalue weighted by molar-refractivity contribution is 5.92. The van der Waals surface area contributed by atoms with Crippen LogP contribution in [0.15, 0.2) is 54.6 Å². The normalized spacial score (nSPS) is 25.1. The molecule has 3 atom stereocenters. The van der Waals surface area contributed by atoms with Gasteiger partial charge in [0, 0.05) is 23.8 Å². The highest BCUT2D eigenvalue weighted by atomic mass is 19.1. The Bertz CT molecular complexity index is 796. The highest BCUT2D eigenvalue weighted by Crippen LogP contribution is 2.31. The molecule has 0 spiro atoms. The van der Waals surface area contributed by atoms with E-state index in [2.05, 4.69) is 39.8 Å². The molecule has 5 heteroatoms. The molecule has 2 aromatic rings. The third-order valence-corrected chi connectivity index (χ3v) is 6.24. The summed E-state index contributed by atoms with van der Waals surface area (Å²) in [6.07, 6.45) is 6.86. The van der Waals surface area contributed by atoms with Crippen LogP contribution in [0.25, 0.3) is 0 Å². The average molecular weight is 396 g/mol. The van der Waals surface area contributed by atoms with Gasteiger partial charge in [-0.3, -0.25) is 9.69 Å². The number of halogens is 1. The van der Waals surface area contributed by atoms with E-state index in [-0.39, 0.29) is 11.7 Å². The van der Waals surface area contributed by atoms with Crippen LogP contribution in [0.1, 0.15) is 37.7 Å². The Labute approximate surface area is 172 Å². The Kier molecular flexibility index (Phi) is 6.57. The number of amides is 1. The van der Waals surface area contributed by atoms with Crippen LogP contribution in [-0.2, 0) is 11.2 Å². The lowest BCUT2D eigenvalue weighted by Crippen LogP contribution is -2.47. The van der Waals surface area contributed by atoms with Gasteiger partial charge in [0.05, 0.1) is 6.54 Å². The van der Waals surface area contributed by atoms with Gasteiger partial charge in [-0.25, -0.2) is 4.39 Å². The quantitative estimate of drug-likeness (QED) is 0.805. The number of carbonyl (C=O) groups is 1. The predicted octanol–water partition coefficient (Wildman–Crippen LogP) is 3.98. The summed E-state index contributed by atoms with van der Waals surface area (Å²) in [5.74, 6) is -0.328. The Morgan fingerprint density at radius 3 is 2.66 bits per heavy atom. The van der Waals surface area contributed by atoms with E-state index in [1.807, 2.05) is 6.07 Å². The maximum atomic E-state index is 13.1. The van der Waals surface area contributed by atoms with E-state index < -0.39 is 0 Å². The van der Waals surface area contributed by atoms with Gasteiger partial charge in [-0.1, -0.05) is 43.2 Å². The molecule has 2 N–H and O–H groups in total. The van der Waals surface area contributed by atoms with Crippen molar-refractivity contribution >= 4 is 11.6 Å². The number of nitrogens with one attached hydrogen (secondary N) is 2. The van der Waals surface area contributed by atoms with Crippen molar-refractivity contribution in [3.8, 4) is 0 Å². The molecule has 0 bridgehead atoms. The zero-order valence-electron chi connectivity index (χ0n) is 16.8. The SMILES string of the molecule is O=C(CN1[C@H](Cc2ccccc2)C[C@@H]2NCCCCC[C@H]21)Nc1ccc(F)cc1. The van der Waals surface area contributed by atoms with Crippen LogP contribution in [0.5, 0.6) is 0 Å². The van der Waals surface area contributed by atoms with Gasteiger partial charge in [0.25, 0.3) is 0 Å². The Balaban J connectivity index is 1.48. The van der Waals surface area contributed by atoms with Gasteiger partial charge < -0.3 is 10.6 Å². The first-order valence-electron chi connectivity index (χ1n) is 10.8. The van der Waals surface area contributed by atoms with Crippen molar-refractivity contribution in [2.45, 2.75) is 56.7 Å². The van der Waals surface area contributed by atoms with Crippen LogP contribution < -0.4 is 10.6 Å². The predicted molar refractivity (Wildman–Crippen MR) is 114 cm³/mol. The van der Waals surface area contributed by atoms with Crippen molar-refractivity contribution in [3.63, 3.8) is 0 Å². The molecule has 0 saturated carbocycles. The van der Waals surface area contributed by atoms with Gasteiger partial charge in [0.1, 0.15) is 5.82 Å². The Hall–Kier alpha value is -2.24. The van der Waals surface area contributed by atoms with Gasteiger partial charge >= 0.3 is 0 Å². The average Bonchev–Trinajstić information content (AvgIpc) is 2.99. The fourth-order valence-electron chi connectivity index (χ4n) is 4.85. The van der Waals surface area contributed by atoms with E-state index in [9.17, 15) is 9.18 Å². The van der Waals surface area contributed by atoms with Crippen molar-refractivity contribution in [1.29, 1.82) is 0 Å². The minimum Gasteiger partial charge on any atom is -0.325 e. The maximum absolute atomic E-state index is 13.1. The molecule has 2 aromatic carbocycles. The lowest BCUT2D eigenvalue weighted by Gasteiger charge is -2.32. The first-order chi connectivity index (χ1) is 14.2. The van der Waals surface area contributed by atoms with Crippen molar-refractivity contribution in [1.82, 2.24) is 10.2 Å². The molecular weight excluding hydrogens is 365 g/mol. The van der Waals surface area contributed by atoms with E-state index >= 15 is 0 Å². The van der Waals surface area contributed by atoms with Crippen molar-refractivity contribution in [2.24, 2.45) is 0 Å². The lowest BCUT2D eigenvalue weighted by atomic mass is 9.98. The first kappa shape index (κ1) is 20.0. The summed E-state index contributed by atoms with van der Waals surface area (Å²) < 4.78 is 13.1. The fourth-order valence-corrected chi connectivity index (χ4v) is 4.85. The topological polar surface area (TPSA) is 44.4 Å². The molecule has 2 saturated heterocycles. The number of rotatable bonds is 5. The molecule has 4 rings (SSSR count). The number of likely N-dealkylation sites (tertiary alicyclic amines) is 1. The molecule has 2 fully saturated rings. The zero-order valence-corrected chi connectivity index (χ0v) is 16.8. The molecule has 154 valence electrons. The number of carbonyl (C=O) groups excluding carboxylic acids is 1. The Morgan fingerprint density at radius 1 is 1.07 bits per heavy atom. The van der Waals surface area contributed by atoms with Crippen LogP contribution in [0.4, 0.5) is 10.1 Å². The summed E-state index contributed by atoms with van der Waals surface area (Å²) >= 11 is 0. The summed E-state index contributed by atoms with van der Waals surface area (Å²) in [6, 6.07) is 17.7. The standard InChI is InChI=1S/C24H30FN3O/c25-19-10-12-20(13-11-19)27-24(29)17-28-21(15-18-7-3-1-4-8-18)16-22-23(28)9-5-2-6-14-26-22/h1,3-4,7-8,10-13,21-23,26H,2,5-6,9,14-17H2,(H,27,29)/t21-,22+,23-/m1/s1. The van der Waals surface area contributed by atoms with Crippen LogP contribution in [0.3, 0.4) is 0 Å². The highest BCUT2D eigenvalue weighted by Gasteiger charge is 2.41. The van der Waals surface area contributed by atoms with Gasteiger partial charge in [0.2, 0.25) is 5.91 Å². The molecule has 0 radical (unpaired) electrons. The van der Waals surface area contributed by atoms with Gasteiger partial charge in [0.15, 0.2) is 0 Å². The molecule has 1 amide bonds. The third-order valence-electron chi connectivity index (χ3n) is 6.24. The van der Waals surface area contributed by atoms with E-state index in [1.165, 1.54) is 37.0 Å². The molecule has 29 heavy (non-hydrogen) atoms. The lowest BCUT2D eigenvalue weighted by molar-refractivity contribution is -0.118. The van der Waals surface area contributed by atoms with Crippen molar-refractivity contribution < 1.29 is 9.18 Å². The summed E-state index contributed by atoms with van der Waals surface area (Å²) in [5.41, 5.74) is 1.96. The van der Waals surface area contributed by atoms with Gasteiger partial charge in [-0.2, -0.15) is 0 Å². The minimum atomic E-state index is -0.297. The Morgan fingerprint density at radius 2 is 1.86 bits per heavy atom. The smallest absolute Gasteiger partial charge is 0.238 e. The molecule has 4 nitrogen and oxygen atoms in total. The first-order valence-corrected chi connectivity index (χ1v) is 10.8. The van der Waals surface area contributed by atoms with Crippen LogP contribution in [0.2, 0.25) is 0 Å². The van der Waals surface area contributed by atoms with Crippen LogP contribution in [0, 0.1) is 5.82 Å². The van der Waals surface area contributed by atoms with E-state index in [4.69, 9.17) is 0 Å². The summed E-state index contributed by atoms with van der Waals surface area (Å²) in [5, 5.41) is 6.68. The molecular formula is C24H30FN3O. The minimum absolute atomic E-state index is 0.0302. The van der Waals surface area contributed by atoms with E-state index in [0.29, 0.717) is 30.4 Å². The van der Waals surface area contributed by atoms with Crippen LogP contribution >= 0.6 is 0 Å². The molecule has 0 aliphatic carbocycles.